The molecule has 2 aromatic heterocycles. The predicted molar refractivity (Wildman–Crippen MR) is 105 cm³/mol. The summed E-state index contributed by atoms with van der Waals surface area (Å²) in [6, 6.07) is 0. The molecule has 154 valence electrons. The average Bonchev–Trinajstić information content (AvgIpc) is 3.32. The minimum absolute atomic E-state index is 0.136. The molecule has 7 rings (SSSR count). The van der Waals surface area contributed by atoms with Gasteiger partial charge in [0.15, 0.2) is 11.3 Å². The SMILES string of the molecule is Cn1nnc2c(C(=O)NC3(C45CC6C[C@H](C4)C[C@@H](C6)C5)CCCC3)ncn2c1=O. The van der Waals surface area contributed by atoms with E-state index in [9.17, 15) is 9.59 Å². The van der Waals surface area contributed by atoms with Gasteiger partial charge >= 0.3 is 5.69 Å². The first kappa shape index (κ1) is 17.6. The number of carbonyl (C=O) groups is 1. The van der Waals surface area contributed by atoms with Gasteiger partial charge in [-0.1, -0.05) is 18.1 Å². The van der Waals surface area contributed by atoms with E-state index >= 15 is 0 Å². The van der Waals surface area contributed by atoms with Crippen molar-refractivity contribution >= 4 is 11.6 Å². The number of fused-ring (bicyclic) bond motifs is 1. The minimum Gasteiger partial charge on any atom is -0.345 e. The van der Waals surface area contributed by atoms with Crippen LogP contribution < -0.4 is 11.0 Å². The highest BCUT2D eigenvalue weighted by Crippen LogP contribution is 2.66. The Bertz CT molecular complexity index is 1010. The summed E-state index contributed by atoms with van der Waals surface area (Å²) in [4.78, 5) is 29.9. The summed E-state index contributed by atoms with van der Waals surface area (Å²) >= 11 is 0. The van der Waals surface area contributed by atoms with Gasteiger partial charge in [0.05, 0.1) is 0 Å². The first-order chi connectivity index (χ1) is 14.0. The summed E-state index contributed by atoms with van der Waals surface area (Å²) in [6.45, 7) is 0. The standard InChI is InChI=1S/C21H28N6O2/c1-26-19(29)27-12-22-16(17(27)24-25-26)18(28)23-21(4-2-3-5-21)20-9-13-6-14(10-20)8-15(7-13)11-20/h12-15H,2-11H2,1H3,(H,23,28)/t13-,14+,15?,20?. The van der Waals surface area contributed by atoms with Crippen molar-refractivity contribution < 1.29 is 4.79 Å². The van der Waals surface area contributed by atoms with Crippen molar-refractivity contribution in [1.82, 2.24) is 29.7 Å². The Hall–Kier alpha value is -2.25. The van der Waals surface area contributed by atoms with Crippen molar-refractivity contribution in [1.29, 1.82) is 0 Å². The van der Waals surface area contributed by atoms with Gasteiger partial charge in [-0.25, -0.2) is 14.2 Å². The Labute approximate surface area is 169 Å². The van der Waals surface area contributed by atoms with Gasteiger partial charge in [-0.15, -0.1) is 5.10 Å². The zero-order chi connectivity index (χ0) is 19.8. The summed E-state index contributed by atoms with van der Waals surface area (Å²) in [5.74, 6) is 2.33. The van der Waals surface area contributed by atoms with E-state index in [2.05, 4.69) is 20.6 Å². The molecule has 2 heterocycles. The normalized spacial score (nSPS) is 34.7. The Kier molecular flexibility index (Phi) is 3.57. The summed E-state index contributed by atoms with van der Waals surface area (Å²) in [5, 5.41) is 11.4. The van der Waals surface area contributed by atoms with E-state index in [4.69, 9.17) is 0 Å². The molecule has 8 nitrogen and oxygen atoms in total. The van der Waals surface area contributed by atoms with Gasteiger partial charge in [0.25, 0.3) is 5.91 Å². The van der Waals surface area contributed by atoms with Crippen LogP contribution in [-0.4, -0.2) is 35.8 Å². The molecule has 5 aliphatic rings. The van der Waals surface area contributed by atoms with Crippen molar-refractivity contribution in [2.45, 2.75) is 69.7 Å². The Morgan fingerprint density at radius 3 is 2.34 bits per heavy atom. The zero-order valence-corrected chi connectivity index (χ0v) is 16.9. The fraction of sp³-hybridized carbons (Fsp3) is 0.762. The lowest BCUT2D eigenvalue weighted by Gasteiger charge is -2.63. The van der Waals surface area contributed by atoms with Crippen molar-refractivity contribution in [3.05, 3.63) is 22.5 Å². The number of carbonyl (C=O) groups excluding carboxylic acids is 1. The highest BCUT2D eigenvalue weighted by atomic mass is 16.2. The first-order valence-electron chi connectivity index (χ1n) is 11.1. The largest absolute Gasteiger partial charge is 0.352 e. The first-order valence-corrected chi connectivity index (χ1v) is 11.1. The van der Waals surface area contributed by atoms with Crippen molar-refractivity contribution in [2.75, 3.05) is 0 Å². The van der Waals surface area contributed by atoms with E-state index in [-0.39, 0.29) is 33.9 Å². The lowest BCUT2D eigenvalue weighted by atomic mass is 9.44. The highest BCUT2D eigenvalue weighted by Gasteiger charge is 2.61. The molecule has 0 aliphatic heterocycles. The van der Waals surface area contributed by atoms with Crippen LogP contribution in [0.4, 0.5) is 0 Å². The van der Waals surface area contributed by atoms with Gasteiger partial charge in [0.1, 0.15) is 6.33 Å². The van der Waals surface area contributed by atoms with Crippen molar-refractivity contribution in [3.63, 3.8) is 0 Å². The molecular weight excluding hydrogens is 368 g/mol. The fourth-order valence-electron chi connectivity index (χ4n) is 7.78. The molecule has 0 radical (unpaired) electrons. The van der Waals surface area contributed by atoms with Gasteiger partial charge in [0, 0.05) is 12.6 Å². The fourth-order valence-corrected chi connectivity index (χ4v) is 7.78. The number of amides is 1. The van der Waals surface area contributed by atoms with Crippen LogP contribution in [0.2, 0.25) is 0 Å². The highest BCUT2D eigenvalue weighted by molar-refractivity contribution is 5.98. The molecule has 0 spiro atoms. The molecule has 1 amide bonds. The number of aromatic nitrogens is 5. The molecular formula is C21H28N6O2. The van der Waals surface area contributed by atoms with Gasteiger partial charge in [-0.05, 0) is 74.5 Å². The summed E-state index contributed by atoms with van der Waals surface area (Å²) in [6.07, 6.45) is 13.8. The van der Waals surface area contributed by atoms with Crippen molar-refractivity contribution in [2.24, 2.45) is 30.2 Å². The van der Waals surface area contributed by atoms with Crippen LogP contribution in [0.3, 0.4) is 0 Å². The van der Waals surface area contributed by atoms with Crippen LogP contribution in [0.1, 0.15) is 74.7 Å². The smallest absolute Gasteiger partial charge is 0.345 e. The molecule has 1 N–H and O–H groups in total. The van der Waals surface area contributed by atoms with Crippen LogP contribution in [0, 0.1) is 23.2 Å². The topological polar surface area (TPSA) is 94.2 Å². The lowest BCUT2D eigenvalue weighted by molar-refractivity contribution is -0.104. The molecule has 5 fully saturated rings. The van der Waals surface area contributed by atoms with Gasteiger partial charge < -0.3 is 5.32 Å². The molecule has 8 heteroatoms. The maximum atomic E-state index is 13.4. The molecule has 4 bridgehead atoms. The number of hydrogen-bond donors (Lipinski definition) is 1. The van der Waals surface area contributed by atoms with E-state index in [1.807, 2.05) is 0 Å². The Morgan fingerprint density at radius 1 is 1.10 bits per heavy atom. The molecule has 0 aromatic carbocycles. The monoisotopic (exact) mass is 396 g/mol. The molecule has 2 aromatic rings. The maximum Gasteiger partial charge on any atom is 0.352 e. The molecule has 5 saturated carbocycles. The van der Waals surface area contributed by atoms with E-state index in [1.54, 1.807) is 0 Å². The summed E-state index contributed by atoms with van der Waals surface area (Å²) in [7, 11) is 1.54. The number of imidazole rings is 1. The van der Waals surface area contributed by atoms with E-state index in [0.29, 0.717) is 0 Å². The van der Waals surface area contributed by atoms with E-state index < -0.39 is 0 Å². The quantitative estimate of drug-likeness (QED) is 0.857. The number of rotatable bonds is 3. The molecule has 0 saturated heterocycles. The van der Waals surface area contributed by atoms with Crippen LogP contribution in [0.5, 0.6) is 0 Å². The second kappa shape index (κ2) is 5.89. The zero-order valence-electron chi connectivity index (χ0n) is 16.9. The maximum absolute atomic E-state index is 13.4. The van der Waals surface area contributed by atoms with Crippen molar-refractivity contribution in [3.8, 4) is 0 Å². The molecule has 5 aliphatic carbocycles. The predicted octanol–water partition coefficient (Wildman–Crippen LogP) is 2.08. The number of nitrogens with zero attached hydrogens (tertiary/aromatic N) is 5. The lowest BCUT2D eigenvalue weighted by Crippen LogP contribution is -2.64. The third kappa shape index (κ3) is 2.40. The van der Waals surface area contributed by atoms with Crippen LogP contribution in [0.15, 0.2) is 11.1 Å². The molecule has 0 atom stereocenters. The molecule has 29 heavy (non-hydrogen) atoms. The molecule has 0 unspecified atom stereocenters. The minimum atomic E-state index is -0.349. The van der Waals surface area contributed by atoms with E-state index in [0.717, 1.165) is 35.3 Å². The number of hydrogen-bond acceptors (Lipinski definition) is 5. The van der Waals surface area contributed by atoms with Gasteiger partial charge in [-0.2, -0.15) is 4.68 Å². The van der Waals surface area contributed by atoms with Crippen LogP contribution in [-0.2, 0) is 7.05 Å². The Balaban J connectivity index is 1.37. The van der Waals surface area contributed by atoms with E-state index in [1.165, 1.54) is 69.1 Å². The Morgan fingerprint density at radius 2 is 1.72 bits per heavy atom. The second-order valence-corrected chi connectivity index (χ2v) is 10.2. The third-order valence-corrected chi connectivity index (χ3v) is 8.58. The van der Waals surface area contributed by atoms with Gasteiger partial charge in [0.2, 0.25) is 0 Å². The van der Waals surface area contributed by atoms with Gasteiger partial charge in [-0.3, -0.25) is 4.79 Å². The second-order valence-electron chi connectivity index (χ2n) is 10.2. The van der Waals surface area contributed by atoms with Crippen LogP contribution in [0.25, 0.3) is 5.65 Å². The summed E-state index contributed by atoms with van der Waals surface area (Å²) < 4.78 is 2.44. The average molecular weight is 396 g/mol. The van der Waals surface area contributed by atoms with Crippen LogP contribution >= 0.6 is 0 Å². The summed E-state index contributed by atoms with van der Waals surface area (Å²) in [5.41, 5.74) is 0.211. The third-order valence-electron chi connectivity index (χ3n) is 8.58. The number of nitrogens with one attached hydrogen (secondary N) is 1. The number of aryl methyl sites for hydroxylation is 1.